The first-order valence-electron chi connectivity index (χ1n) is 5.70. The van der Waals surface area contributed by atoms with E-state index in [2.05, 4.69) is 20.5 Å². The number of hydrogen-bond donors (Lipinski definition) is 4. The zero-order valence-electron chi connectivity index (χ0n) is 9.69. The van der Waals surface area contributed by atoms with Gasteiger partial charge in [0, 0.05) is 6.04 Å². The van der Waals surface area contributed by atoms with Crippen molar-refractivity contribution in [1.82, 2.24) is 20.5 Å². The minimum atomic E-state index is -0.366. The second kappa shape index (κ2) is 5.74. The van der Waals surface area contributed by atoms with E-state index < -0.39 is 0 Å². The van der Waals surface area contributed by atoms with Gasteiger partial charge in [0.25, 0.3) is 0 Å². The number of rotatable bonds is 5. The molecule has 1 aromatic rings. The molecule has 1 heterocycles. The molecule has 0 saturated heterocycles. The summed E-state index contributed by atoms with van der Waals surface area (Å²) >= 11 is 0. The molecule has 1 aromatic heterocycles. The average Bonchev–Trinajstić information content (AvgIpc) is 2.78. The van der Waals surface area contributed by atoms with Gasteiger partial charge >= 0.3 is 5.69 Å². The standard InChI is InChI=1S/C11H15FN4O2/c12-8-3-1-7(2-4-8)9(6-17)13-5-10-14-11(18)16-15-10/h1,3-4,7,9,13,17H,2,5-6H2,(H2,14,15,16,18)/t7?,9-/m1/s1. The van der Waals surface area contributed by atoms with Crippen molar-refractivity contribution in [2.75, 3.05) is 6.61 Å². The molecular formula is C11H15FN4O2. The SMILES string of the molecule is O=c1[nH]nc(CN[C@H](CO)C2C=CC(F)=CC2)[nH]1. The van der Waals surface area contributed by atoms with Crippen LogP contribution in [-0.4, -0.2) is 32.9 Å². The Bertz CT molecular complexity index is 505. The van der Waals surface area contributed by atoms with E-state index in [-0.39, 0.29) is 30.1 Å². The van der Waals surface area contributed by atoms with Gasteiger partial charge < -0.3 is 10.4 Å². The fourth-order valence-electron chi connectivity index (χ4n) is 1.88. The van der Waals surface area contributed by atoms with E-state index in [1.807, 2.05) is 0 Å². The van der Waals surface area contributed by atoms with Crippen molar-refractivity contribution in [1.29, 1.82) is 0 Å². The largest absolute Gasteiger partial charge is 0.395 e. The zero-order valence-corrected chi connectivity index (χ0v) is 9.69. The number of nitrogens with one attached hydrogen (secondary N) is 3. The van der Waals surface area contributed by atoms with Gasteiger partial charge in [-0.2, -0.15) is 5.10 Å². The number of aromatic nitrogens is 3. The Kier molecular flexibility index (Phi) is 4.06. The molecule has 0 saturated carbocycles. The molecule has 1 unspecified atom stereocenters. The third kappa shape index (κ3) is 3.14. The normalized spacial score (nSPS) is 20.8. The Morgan fingerprint density at radius 3 is 3.06 bits per heavy atom. The van der Waals surface area contributed by atoms with Gasteiger partial charge in [0.1, 0.15) is 11.7 Å². The maximum atomic E-state index is 12.8. The van der Waals surface area contributed by atoms with Crippen molar-refractivity contribution < 1.29 is 9.50 Å². The minimum absolute atomic E-state index is 0.0279. The quantitative estimate of drug-likeness (QED) is 0.594. The van der Waals surface area contributed by atoms with Crippen LogP contribution in [0, 0.1) is 5.92 Å². The molecule has 4 N–H and O–H groups in total. The maximum Gasteiger partial charge on any atom is 0.340 e. The summed E-state index contributed by atoms with van der Waals surface area (Å²) in [7, 11) is 0. The van der Waals surface area contributed by atoms with Crippen molar-refractivity contribution in [3.8, 4) is 0 Å². The molecule has 0 amide bonds. The van der Waals surface area contributed by atoms with E-state index in [1.165, 1.54) is 12.2 Å². The average molecular weight is 254 g/mol. The highest BCUT2D eigenvalue weighted by Crippen LogP contribution is 2.20. The van der Waals surface area contributed by atoms with Gasteiger partial charge in [-0.3, -0.25) is 4.98 Å². The van der Waals surface area contributed by atoms with Crippen LogP contribution in [-0.2, 0) is 6.54 Å². The monoisotopic (exact) mass is 254 g/mol. The number of aliphatic hydroxyl groups is 1. The molecule has 0 aliphatic heterocycles. The molecule has 1 aliphatic carbocycles. The number of allylic oxidation sites excluding steroid dienone is 3. The van der Waals surface area contributed by atoms with Crippen LogP contribution in [0.4, 0.5) is 4.39 Å². The summed E-state index contributed by atoms with van der Waals surface area (Å²) in [4.78, 5) is 13.3. The molecule has 0 spiro atoms. The van der Waals surface area contributed by atoms with Crippen LogP contribution in [0.5, 0.6) is 0 Å². The van der Waals surface area contributed by atoms with Crippen LogP contribution in [0.2, 0.25) is 0 Å². The molecular weight excluding hydrogens is 239 g/mol. The van der Waals surface area contributed by atoms with E-state index in [0.29, 0.717) is 18.8 Å². The Labute approximate surface area is 103 Å². The molecule has 98 valence electrons. The number of nitrogens with zero attached hydrogens (tertiary/aromatic N) is 1. The molecule has 6 nitrogen and oxygen atoms in total. The van der Waals surface area contributed by atoms with Crippen molar-refractivity contribution in [3.63, 3.8) is 0 Å². The fourth-order valence-corrected chi connectivity index (χ4v) is 1.88. The van der Waals surface area contributed by atoms with Crippen molar-refractivity contribution in [2.24, 2.45) is 5.92 Å². The van der Waals surface area contributed by atoms with Gasteiger partial charge in [-0.15, -0.1) is 0 Å². The van der Waals surface area contributed by atoms with Crippen LogP contribution in [0.1, 0.15) is 12.2 Å². The Morgan fingerprint density at radius 2 is 2.50 bits per heavy atom. The Morgan fingerprint density at radius 1 is 1.67 bits per heavy atom. The van der Waals surface area contributed by atoms with E-state index in [4.69, 9.17) is 0 Å². The third-order valence-electron chi connectivity index (χ3n) is 2.88. The summed E-state index contributed by atoms with van der Waals surface area (Å²) in [6, 6.07) is -0.203. The summed E-state index contributed by atoms with van der Waals surface area (Å²) in [5.74, 6) is 0.250. The summed E-state index contributed by atoms with van der Waals surface area (Å²) in [6.07, 6.45) is 5.16. The molecule has 7 heteroatoms. The number of aromatic amines is 2. The third-order valence-corrected chi connectivity index (χ3v) is 2.88. The van der Waals surface area contributed by atoms with Crippen LogP contribution < -0.4 is 11.0 Å². The number of halogens is 1. The molecule has 0 radical (unpaired) electrons. The number of H-pyrrole nitrogens is 2. The molecule has 2 atom stereocenters. The minimum Gasteiger partial charge on any atom is -0.395 e. The Hall–Kier alpha value is -1.73. The van der Waals surface area contributed by atoms with Gasteiger partial charge in [-0.1, -0.05) is 6.08 Å². The molecule has 18 heavy (non-hydrogen) atoms. The van der Waals surface area contributed by atoms with Crippen LogP contribution in [0.15, 0.2) is 28.8 Å². The first kappa shape index (κ1) is 12.7. The lowest BCUT2D eigenvalue weighted by atomic mass is 9.93. The van der Waals surface area contributed by atoms with E-state index in [1.54, 1.807) is 6.08 Å². The smallest absolute Gasteiger partial charge is 0.340 e. The van der Waals surface area contributed by atoms with Gasteiger partial charge in [0.2, 0.25) is 0 Å². The first-order valence-corrected chi connectivity index (χ1v) is 5.70. The van der Waals surface area contributed by atoms with Crippen molar-refractivity contribution >= 4 is 0 Å². The lowest BCUT2D eigenvalue weighted by Gasteiger charge is -2.24. The van der Waals surface area contributed by atoms with E-state index in [9.17, 15) is 14.3 Å². The summed E-state index contributed by atoms with van der Waals surface area (Å²) in [6.45, 7) is 0.264. The van der Waals surface area contributed by atoms with E-state index in [0.717, 1.165) is 0 Å². The highest BCUT2D eigenvalue weighted by molar-refractivity contribution is 5.18. The van der Waals surface area contributed by atoms with Crippen LogP contribution in [0.25, 0.3) is 0 Å². The van der Waals surface area contributed by atoms with Crippen LogP contribution in [0.3, 0.4) is 0 Å². The highest BCUT2D eigenvalue weighted by atomic mass is 19.1. The predicted octanol–water partition coefficient (Wildman–Crippen LogP) is -0.0220. The fraction of sp³-hybridized carbons (Fsp3) is 0.455. The van der Waals surface area contributed by atoms with Gasteiger partial charge in [-0.05, 0) is 24.5 Å². The van der Waals surface area contributed by atoms with Crippen molar-refractivity contribution in [2.45, 2.75) is 19.0 Å². The second-order valence-electron chi connectivity index (χ2n) is 4.14. The zero-order chi connectivity index (χ0) is 13.0. The summed E-state index contributed by atoms with van der Waals surface area (Å²) in [5, 5.41) is 18.4. The summed E-state index contributed by atoms with van der Waals surface area (Å²) < 4.78 is 12.8. The molecule has 0 fully saturated rings. The molecule has 1 aliphatic rings. The van der Waals surface area contributed by atoms with Gasteiger partial charge in [-0.25, -0.2) is 14.3 Å². The van der Waals surface area contributed by atoms with Gasteiger partial charge in [0.15, 0.2) is 0 Å². The maximum absolute atomic E-state index is 12.8. The number of hydrogen-bond acceptors (Lipinski definition) is 4. The predicted molar refractivity (Wildman–Crippen MR) is 63.4 cm³/mol. The topological polar surface area (TPSA) is 93.8 Å². The lowest BCUT2D eigenvalue weighted by Crippen LogP contribution is -2.38. The van der Waals surface area contributed by atoms with Crippen molar-refractivity contribution in [3.05, 3.63) is 40.4 Å². The van der Waals surface area contributed by atoms with Gasteiger partial charge in [0.05, 0.1) is 13.2 Å². The van der Waals surface area contributed by atoms with E-state index >= 15 is 0 Å². The number of aliphatic hydroxyl groups excluding tert-OH is 1. The first-order chi connectivity index (χ1) is 8.69. The molecule has 0 aromatic carbocycles. The second-order valence-corrected chi connectivity index (χ2v) is 4.14. The lowest BCUT2D eigenvalue weighted by molar-refractivity contribution is 0.212. The summed E-state index contributed by atoms with van der Waals surface area (Å²) in [5.41, 5.74) is -0.366. The highest BCUT2D eigenvalue weighted by Gasteiger charge is 2.19. The van der Waals surface area contributed by atoms with Crippen LogP contribution >= 0.6 is 0 Å². The molecule has 2 rings (SSSR count). The Balaban J connectivity index is 1.90. The molecule has 0 bridgehead atoms.